The standard InChI is InChI=1S/C12H6BNOS/c13-12-10(6-15)16-9-4-3-8-7(11(9)12)2-1-5-14-8/h1-6H. The highest BCUT2D eigenvalue weighted by Crippen LogP contribution is 2.28. The number of hydrogen-bond donors (Lipinski definition) is 0. The van der Waals surface area contributed by atoms with Crippen LogP contribution < -0.4 is 5.46 Å². The first kappa shape index (κ1) is 9.54. The van der Waals surface area contributed by atoms with Gasteiger partial charge in [-0.15, -0.1) is 11.3 Å². The van der Waals surface area contributed by atoms with E-state index in [1.807, 2.05) is 24.3 Å². The molecular weight excluding hydrogens is 217 g/mol. The molecule has 0 N–H and O–H groups in total. The topological polar surface area (TPSA) is 30.0 Å². The Morgan fingerprint density at radius 3 is 3.00 bits per heavy atom. The van der Waals surface area contributed by atoms with Crippen molar-refractivity contribution < 1.29 is 4.79 Å². The van der Waals surface area contributed by atoms with E-state index in [1.54, 1.807) is 6.20 Å². The molecule has 4 heteroatoms. The van der Waals surface area contributed by atoms with Gasteiger partial charge in [-0.3, -0.25) is 9.78 Å². The van der Waals surface area contributed by atoms with E-state index in [4.69, 9.17) is 7.85 Å². The fourth-order valence-electron chi connectivity index (χ4n) is 1.88. The van der Waals surface area contributed by atoms with Crippen LogP contribution in [-0.4, -0.2) is 19.1 Å². The molecule has 0 saturated carbocycles. The fraction of sp³-hybridized carbons (Fsp3) is 0. The number of benzene rings is 1. The number of nitrogens with zero attached hydrogens (tertiary/aromatic N) is 1. The second-order valence-corrected chi connectivity index (χ2v) is 4.59. The molecule has 3 rings (SSSR count). The van der Waals surface area contributed by atoms with Gasteiger partial charge in [-0.05, 0) is 23.6 Å². The van der Waals surface area contributed by atoms with Crippen LogP contribution in [0.4, 0.5) is 0 Å². The van der Waals surface area contributed by atoms with Crippen LogP contribution in [-0.2, 0) is 0 Å². The van der Waals surface area contributed by atoms with E-state index in [0.717, 1.165) is 27.3 Å². The van der Waals surface area contributed by atoms with Crippen LogP contribution in [0, 0.1) is 0 Å². The van der Waals surface area contributed by atoms with Crippen LogP contribution in [0.1, 0.15) is 9.67 Å². The lowest BCUT2D eigenvalue weighted by molar-refractivity contribution is 0.112. The maximum absolute atomic E-state index is 10.8. The van der Waals surface area contributed by atoms with Crippen molar-refractivity contribution in [1.82, 2.24) is 4.98 Å². The van der Waals surface area contributed by atoms with Crippen molar-refractivity contribution in [2.75, 3.05) is 0 Å². The number of hydrogen-bond acceptors (Lipinski definition) is 3. The van der Waals surface area contributed by atoms with Crippen LogP contribution in [0.15, 0.2) is 30.5 Å². The minimum absolute atomic E-state index is 0.564. The molecule has 2 heterocycles. The molecule has 16 heavy (non-hydrogen) atoms. The van der Waals surface area contributed by atoms with Gasteiger partial charge in [0, 0.05) is 16.3 Å². The minimum atomic E-state index is 0.564. The average molecular weight is 223 g/mol. The van der Waals surface area contributed by atoms with Crippen LogP contribution >= 0.6 is 11.3 Å². The number of pyridine rings is 1. The molecule has 2 radical (unpaired) electrons. The largest absolute Gasteiger partial charge is 0.297 e. The molecule has 3 aromatic rings. The van der Waals surface area contributed by atoms with Gasteiger partial charge in [0.2, 0.25) is 0 Å². The highest BCUT2D eigenvalue weighted by molar-refractivity contribution is 7.22. The summed E-state index contributed by atoms with van der Waals surface area (Å²) in [4.78, 5) is 15.7. The SMILES string of the molecule is [B]c1c(C=O)sc2ccc3ncccc3c12. The zero-order valence-electron chi connectivity index (χ0n) is 8.31. The molecule has 0 amide bonds. The first-order valence-electron chi connectivity index (χ1n) is 4.82. The molecule has 2 nitrogen and oxygen atoms in total. The summed E-state index contributed by atoms with van der Waals surface area (Å²) in [5.41, 5.74) is 1.46. The maximum atomic E-state index is 10.8. The number of fused-ring (bicyclic) bond motifs is 3. The van der Waals surface area contributed by atoms with Gasteiger partial charge < -0.3 is 0 Å². The van der Waals surface area contributed by atoms with Crippen LogP contribution in [0.25, 0.3) is 21.0 Å². The van der Waals surface area contributed by atoms with Gasteiger partial charge >= 0.3 is 0 Å². The molecule has 0 aliphatic heterocycles. The molecular formula is C12H6BNOS. The quantitative estimate of drug-likeness (QED) is 0.466. The lowest BCUT2D eigenvalue weighted by Gasteiger charge is -1.99. The van der Waals surface area contributed by atoms with Gasteiger partial charge in [-0.2, -0.15) is 0 Å². The van der Waals surface area contributed by atoms with E-state index in [-0.39, 0.29) is 0 Å². The molecule has 0 atom stereocenters. The molecule has 0 fully saturated rings. The summed E-state index contributed by atoms with van der Waals surface area (Å²) in [5, 5.41) is 1.94. The first-order valence-corrected chi connectivity index (χ1v) is 5.64. The van der Waals surface area contributed by atoms with Crippen LogP contribution in [0.3, 0.4) is 0 Å². The number of thiophene rings is 1. The summed E-state index contributed by atoms with van der Waals surface area (Å²) in [6.45, 7) is 0. The summed E-state index contributed by atoms with van der Waals surface area (Å²) >= 11 is 1.42. The molecule has 1 aromatic carbocycles. The summed E-state index contributed by atoms with van der Waals surface area (Å²) in [6, 6.07) is 7.75. The molecule has 0 unspecified atom stereocenters. The number of aldehydes is 1. The highest BCUT2D eigenvalue weighted by Gasteiger charge is 2.10. The fourth-order valence-corrected chi connectivity index (χ4v) is 2.83. The Hall–Kier alpha value is -1.68. The van der Waals surface area contributed by atoms with Gasteiger partial charge in [0.15, 0.2) is 6.29 Å². The molecule has 0 bridgehead atoms. The molecule has 2 aromatic heterocycles. The van der Waals surface area contributed by atoms with Crippen molar-refractivity contribution in [1.29, 1.82) is 0 Å². The Balaban J connectivity index is 2.59. The molecule has 0 saturated heterocycles. The second-order valence-electron chi connectivity index (χ2n) is 3.51. The predicted octanol–water partition coefficient (Wildman–Crippen LogP) is 2.06. The van der Waals surface area contributed by atoms with Crippen molar-refractivity contribution in [2.24, 2.45) is 0 Å². The lowest BCUT2D eigenvalue weighted by atomic mass is 9.91. The summed E-state index contributed by atoms with van der Waals surface area (Å²) in [7, 11) is 5.97. The third kappa shape index (κ3) is 1.20. The third-order valence-corrected chi connectivity index (χ3v) is 3.70. The highest BCUT2D eigenvalue weighted by atomic mass is 32.1. The smallest absolute Gasteiger partial charge is 0.159 e. The maximum Gasteiger partial charge on any atom is 0.159 e. The van der Waals surface area contributed by atoms with Gasteiger partial charge in [0.05, 0.1) is 10.4 Å². The predicted molar refractivity (Wildman–Crippen MR) is 67.9 cm³/mol. The number of carbonyl (C=O) groups is 1. The van der Waals surface area contributed by atoms with Crippen LogP contribution in [0.5, 0.6) is 0 Å². The van der Waals surface area contributed by atoms with Crippen LogP contribution in [0.2, 0.25) is 0 Å². The van der Waals surface area contributed by atoms with Gasteiger partial charge in [0.1, 0.15) is 7.85 Å². The number of rotatable bonds is 1. The third-order valence-electron chi connectivity index (χ3n) is 2.61. The minimum Gasteiger partial charge on any atom is -0.297 e. The molecule has 74 valence electrons. The summed E-state index contributed by atoms with van der Waals surface area (Å²) < 4.78 is 1.03. The zero-order valence-corrected chi connectivity index (χ0v) is 9.12. The van der Waals surface area contributed by atoms with Crippen molar-refractivity contribution in [3.8, 4) is 0 Å². The van der Waals surface area contributed by atoms with E-state index in [9.17, 15) is 4.79 Å². The second kappa shape index (κ2) is 3.42. The number of aromatic nitrogens is 1. The zero-order chi connectivity index (χ0) is 11.1. The Morgan fingerprint density at radius 2 is 2.19 bits per heavy atom. The van der Waals surface area contributed by atoms with E-state index < -0.39 is 0 Å². The lowest BCUT2D eigenvalue weighted by Crippen LogP contribution is -2.05. The normalized spacial score (nSPS) is 11.0. The van der Waals surface area contributed by atoms with E-state index in [1.165, 1.54) is 11.3 Å². The Kier molecular flexibility index (Phi) is 2.04. The van der Waals surface area contributed by atoms with Crippen molar-refractivity contribution in [2.45, 2.75) is 0 Å². The monoisotopic (exact) mass is 223 g/mol. The van der Waals surface area contributed by atoms with Crippen molar-refractivity contribution >= 4 is 51.9 Å². The van der Waals surface area contributed by atoms with E-state index in [0.29, 0.717) is 10.3 Å². The van der Waals surface area contributed by atoms with E-state index >= 15 is 0 Å². The van der Waals surface area contributed by atoms with Gasteiger partial charge in [-0.25, -0.2) is 0 Å². The number of carbonyl (C=O) groups excluding carboxylic acids is 1. The Bertz CT molecular complexity index is 705. The molecule has 0 aliphatic carbocycles. The van der Waals surface area contributed by atoms with Gasteiger partial charge in [0.25, 0.3) is 0 Å². The Labute approximate surface area is 97.3 Å². The summed E-state index contributed by atoms with van der Waals surface area (Å²) in [6.07, 6.45) is 2.56. The molecule has 0 aliphatic rings. The van der Waals surface area contributed by atoms with Crippen molar-refractivity contribution in [3.63, 3.8) is 0 Å². The van der Waals surface area contributed by atoms with Gasteiger partial charge in [-0.1, -0.05) is 11.5 Å². The molecule has 0 spiro atoms. The van der Waals surface area contributed by atoms with E-state index in [2.05, 4.69) is 4.98 Å². The Morgan fingerprint density at radius 1 is 1.31 bits per heavy atom. The average Bonchev–Trinajstić information content (AvgIpc) is 2.66. The summed E-state index contributed by atoms with van der Waals surface area (Å²) in [5.74, 6) is 0. The van der Waals surface area contributed by atoms with Crippen molar-refractivity contribution in [3.05, 3.63) is 35.3 Å². The first-order chi connectivity index (χ1) is 7.81.